The Hall–Kier alpha value is -0.990. The van der Waals surface area contributed by atoms with Crippen molar-refractivity contribution < 1.29 is 0 Å². The summed E-state index contributed by atoms with van der Waals surface area (Å²) in [5, 5.41) is 3.71. The maximum Gasteiger partial charge on any atom is 0.203 e. The average molecular weight is 247 g/mol. The molecule has 0 saturated heterocycles. The lowest BCUT2D eigenvalue weighted by Crippen LogP contribution is -2.33. The van der Waals surface area contributed by atoms with Crippen LogP contribution in [0.1, 0.15) is 70.8 Å². The summed E-state index contributed by atoms with van der Waals surface area (Å²) in [5.74, 6) is 1.10. The molecule has 0 radical (unpaired) electrons. The lowest BCUT2D eigenvalue weighted by molar-refractivity contribution is 0.353. The summed E-state index contributed by atoms with van der Waals surface area (Å²) < 4.78 is 2.39. The first-order chi connectivity index (χ1) is 8.77. The smallest absolute Gasteiger partial charge is 0.203 e. The summed E-state index contributed by atoms with van der Waals surface area (Å²) in [4.78, 5) is 4.55. The Bertz CT molecular complexity index is 384. The molecule has 1 N–H and O–H groups in total. The molecule has 3 rings (SSSR count). The highest BCUT2D eigenvalue weighted by atomic mass is 15.2. The summed E-state index contributed by atoms with van der Waals surface area (Å²) in [6, 6.07) is 0.675. The van der Waals surface area contributed by atoms with E-state index in [0.29, 0.717) is 6.04 Å². The van der Waals surface area contributed by atoms with Crippen molar-refractivity contribution in [3.8, 4) is 0 Å². The standard InChI is InChI=1S/C15H25N3/c1-15(9-5-6-10-15)17-14-16-11-12-18(14)13-7-3-2-4-8-13/h11-13H,2-10H2,1H3,(H,16,17). The van der Waals surface area contributed by atoms with E-state index in [-0.39, 0.29) is 5.54 Å². The fourth-order valence-corrected chi connectivity index (χ4v) is 3.61. The Kier molecular flexibility index (Phi) is 3.31. The first-order valence-corrected chi connectivity index (χ1v) is 7.58. The van der Waals surface area contributed by atoms with Crippen LogP contribution in [0.25, 0.3) is 0 Å². The van der Waals surface area contributed by atoms with Gasteiger partial charge in [-0.25, -0.2) is 4.98 Å². The highest BCUT2D eigenvalue weighted by molar-refractivity contribution is 5.31. The van der Waals surface area contributed by atoms with E-state index < -0.39 is 0 Å². The second-order valence-electron chi connectivity index (χ2n) is 6.34. The van der Waals surface area contributed by atoms with Crippen molar-refractivity contribution >= 4 is 5.95 Å². The molecule has 0 aromatic carbocycles. The molecule has 0 aliphatic heterocycles. The molecule has 2 saturated carbocycles. The van der Waals surface area contributed by atoms with Crippen molar-refractivity contribution in [1.82, 2.24) is 9.55 Å². The van der Waals surface area contributed by atoms with Crippen molar-refractivity contribution in [2.24, 2.45) is 0 Å². The van der Waals surface area contributed by atoms with Gasteiger partial charge in [0.25, 0.3) is 0 Å². The van der Waals surface area contributed by atoms with E-state index in [1.165, 1.54) is 57.8 Å². The molecule has 0 bridgehead atoms. The van der Waals surface area contributed by atoms with Crippen LogP contribution in [0.3, 0.4) is 0 Å². The first-order valence-electron chi connectivity index (χ1n) is 7.58. The minimum Gasteiger partial charge on any atom is -0.350 e. The van der Waals surface area contributed by atoms with E-state index in [0.717, 1.165) is 5.95 Å². The van der Waals surface area contributed by atoms with Crippen LogP contribution in [0.4, 0.5) is 5.95 Å². The summed E-state index contributed by atoms with van der Waals surface area (Å²) in [6.45, 7) is 2.35. The maximum absolute atomic E-state index is 4.55. The monoisotopic (exact) mass is 247 g/mol. The highest BCUT2D eigenvalue weighted by Gasteiger charge is 2.30. The van der Waals surface area contributed by atoms with Crippen LogP contribution in [-0.2, 0) is 0 Å². The van der Waals surface area contributed by atoms with Gasteiger partial charge in [-0.05, 0) is 32.6 Å². The topological polar surface area (TPSA) is 29.9 Å². The predicted octanol–water partition coefficient (Wildman–Crippen LogP) is 4.13. The van der Waals surface area contributed by atoms with Gasteiger partial charge in [0.05, 0.1) is 0 Å². The SMILES string of the molecule is CC1(Nc2nccn2C2CCCCC2)CCCC1. The molecule has 2 fully saturated rings. The minimum absolute atomic E-state index is 0.276. The second-order valence-corrected chi connectivity index (χ2v) is 6.34. The van der Waals surface area contributed by atoms with Crippen LogP contribution in [0.15, 0.2) is 12.4 Å². The Balaban J connectivity index is 1.74. The highest BCUT2D eigenvalue weighted by Crippen LogP contribution is 2.35. The number of imidazole rings is 1. The van der Waals surface area contributed by atoms with E-state index >= 15 is 0 Å². The van der Waals surface area contributed by atoms with Gasteiger partial charge >= 0.3 is 0 Å². The van der Waals surface area contributed by atoms with Gasteiger partial charge in [0.15, 0.2) is 0 Å². The Morgan fingerprint density at radius 3 is 2.61 bits per heavy atom. The third-order valence-electron chi connectivity index (χ3n) is 4.76. The zero-order valence-corrected chi connectivity index (χ0v) is 11.5. The van der Waals surface area contributed by atoms with Crippen molar-refractivity contribution in [2.45, 2.75) is 76.3 Å². The molecule has 2 aliphatic rings. The molecule has 1 aromatic heterocycles. The van der Waals surface area contributed by atoms with Gasteiger partial charge in [0.1, 0.15) is 0 Å². The average Bonchev–Trinajstić information content (AvgIpc) is 3.00. The van der Waals surface area contributed by atoms with Gasteiger partial charge in [0, 0.05) is 24.0 Å². The molecule has 1 aromatic rings. The van der Waals surface area contributed by atoms with Crippen LogP contribution in [0.5, 0.6) is 0 Å². The molecular weight excluding hydrogens is 222 g/mol. The molecule has 0 unspecified atom stereocenters. The fraction of sp³-hybridized carbons (Fsp3) is 0.800. The van der Waals surface area contributed by atoms with Crippen LogP contribution in [-0.4, -0.2) is 15.1 Å². The Morgan fingerprint density at radius 1 is 1.17 bits per heavy atom. The van der Waals surface area contributed by atoms with E-state index in [1.54, 1.807) is 0 Å². The quantitative estimate of drug-likeness (QED) is 0.870. The van der Waals surface area contributed by atoms with E-state index in [1.807, 2.05) is 6.20 Å². The fourth-order valence-electron chi connectivity index (χ4n) is 3.61. The van der Waals surface area contributed by atoms with Crippen LogP contribution in [0.2, 0.25) is 0 Å². The summed E-state index contributed by atoms with van der Waals surface area (Å²) in [6.07, 6.45) is 16.2. The lowest BCUT2D eigenvalue weighted by atomic mass is 9.95. The number of hydrogen-bond acceptors (Lipinski definition) is 2. The Morgan fingerprint density at radius 2 is 1.89 bits per heavy atom. The van der Waals surface area contributed by atoms with E-state index in [2.05, 4.69) is 28.0 Å². The maximum atomic E-state index is 4.55. The van der Waals surface area contributed by atoms with Gasteiger partial charge in [0.2, 0.25) is 5.95 Å². The molecule has 0 spiro atoms. The summed E-state index contributed by atoms with van der Waals surface area (Å²) in [5.41, 5.74) is 0.276. The van der Waals surface area contributed by atoms with Crippen LogP contribution in [0, 0.1) is 0 Å². The van der Waals surface area contributed by atoms with Crippen molar-refractivity contribution in [2.75, 3.05) is 5.32 Å². The zero-order chi connectivity index (χ0) is 12.4. The van der Waals surface area contributed by atoms with Crippen molar-refractivity contribution in [3.05, 3.63) is 12.4 Å². The largest absolute Gasteiger partial charge is 0.350 e. The molecule has 1 heterocycles. The van der Waals surface area contributed by atoms with E-state index in [4.69, 9.17) is 0 Å². The normalized spacial score (nSPS) is 24.3. The summed E-state index contributed by atoms with van der Waals surface area (Å²) in [7, 11) is 0. The van der Waals surface area contributed by atoms with Gasteiger partial charge in [-0.3, -0.25) is 0 Å². The third kappa shape index (κ3) is 2.40. The van der Waals surface area contributed by atoms with Crippen molar-refractivity contribution in [1.29, 1.82) is 0 Å². The van der Waals surface area contributed by atoms with E-state index in [9.17, 15) is 0 Å². The zero-order valence-electron chi connectivity index (χ0n) is 11.5. The van der Waals surface area contributed by atoms with Crippen LogP contribution < -0.4 is 5.32 Å². The number of anilines is 1. The first kappa shape index (κ1) is 12.1. The van der Waals surface area contributed by atoms with Crippen LogP contribution >= 0.6 is 0 Å². The predicted molar refractivity (Wildman–Crippen MR) is 74.8 cm³/mol. The molecular formula is C15H25N3. The number of rotatable bonds is 3. The Labute approximate surface area is 110 Å². The number of nitrogens with one attached hydrogen (secondary N) is 1. The molecule has 18 heavy (non-hydrogen) atoms. The molecule has 3 heteroatoms. The van der Waals surface area contributed by atoms with Gasteiger partial charge in [-0.15, -0.1) is 0 Å². The molecule has 100 valence electrons. The molecule has 0 atom stereocenters. The molecule has 3 nitrogen and oxygen atoms in total. The van der Waals surface area contributed by atoms with Crippen molar-refractivity contribution in [3.63, 3.8) is 0 Å². The number of aromatic nitrogens is 2. The molecule has 0 amide bonds. The summed E-state index contributed by atoms with van der Waals surface area (Å²) >= 11 is 0. The van der Waals surface area contributed by atoms with Gasteiger partial charge in [-0.2, -0.15) is 0 Å². The number of nitrogens with zero attached hydrogens (tertiary/aromatic N) is 2. The molecule has 2 aliphatic carbocycles. The van der Waals surface area contributed by atoms with Gasteiger partial charge in [-0.1, -0.05) is 32.1 Å². The second kappa shape index (κ2) is 4.94. The lowest BCUT2D eigenvalue weighted by Gasteiger charge is -2.30. The number of hydrogen-bond donors (Lipinski definition) is 1. The third-order valence-corrected chi connectivity index (χ3v) is 4.76. The van der Waals surface area contributed by atoms with Gasteiger partial charge < -0.3 is 9.88 Å². The minimum atomic E-state index is 0.276.